The second-order valence-electron chi connectivity index (χ2n) is 6.36. The number of aromatic nitrogens is 3. The molecule has 1 aromatic heterocycles. The first kappa shape index (κ1) is 14.9. The minimum Gasteiger partial charge on any atom is -0.494 e. The highest BCUT2D eigenvalue weighted by Crippen LogP contribution is 2.43. The number of nitrogens with zero attached hydrogens (tertiary/aromatic N) is 3. The lowest BCUT2D eigenvalue weighted by atomic mass is 9.81. The summed E-state index contributed by atoms with van der Waals surface area (Å²) in [6.45, 7) is 4.63. The fourth-order valence-corrected chi connectivity index (χ4v) is 3.63. The van der Waals surface area contributed by atoms with E-state index in [-0.39, 0.29) is 11.8 Å². The normalized spacial score (nSPS) is 22.7. The van der Waals surface area contributed by atoms with Crippen LogP contribution < -0.4 is 10.1 Å². The molecule has 2 atom stereocenters. The molecule has 6 heteroatoms. The Morgan fingerprint density at radius 1 is 1.33 bits per heavy atom. The summed E-state index contributed by atoms with van der Waals surface area (Å²) in [6, 6.07) is 7.56. The molecule has 2 heterocycles. The van der Waals surface area contributed by atoms with Gasteiger partial charge in [0.1, 0.15) is 18.1 Å². The molecule has 1 aromatic carbocycles. The molecule has 0 fully saturated rings. The second-order valence-corrected chi connectivity index (χ2v) is 6.36. The summed E-state index contributed by atoms with van der Waals surface area (Å²) >= 11 is 0. The molecule has 1 aliphatic carbocycles. The maximum atomic E-state index is 12.8. The van der Waals surface area contributed by atoms with Gasteiger partial charge in [0.2, 0.25) is 5.95 Å². The van der Waals surface area contributed by atoms with Crippen molar-refractivity contribution in [3.63, 3.8) is 0 Å². The Morgan fingerprint density at radius 3 is 3.00 bits per heavy atom. The minimum absolute atomic E-state index is 0.175. The Kier molecular flexibility index (Phi) is 3.59. The molecular formula is C18H20N4O2. The maximum Gasteiger partial charge on any atom is 0.226 e. The van der Waals surface area contributed by atoms with Crippen LogP contribution in [0.25, 0.3) is 0 Å². The van der Waals surface area contributed by atoms with E-state index in [2.05, 4.69) is 22.3 Å². The van der Waals surface area contributed by atoms with Crippen LogP contribution in [-0.2, 0) is 4.79 Å². The van der Waals surface area contributed by atoms with Crippen LogP contribution in [0.3, 0.4) is 0 Å². The summed E-state index contributed by atoms with van der Waals surface area (Å²) in [6.07, 6.45) is 2.93. The standard InChI is InChI=1S/C18H20N4O2/c1-3-24-15-7-5-4-6-12(15)17-16-13(8-11(2)9-14(16)23)21-18-19-10-20-22(17)18/h4-7,10-11,17H,3,8-9H2,1-2H3,(H,19,20,21). The minimum atomic E-state index is -0.290. The van der Waals surface area contributed by atoms with E-state index in [1.807, 2.05) is 31.2 Å². The van der Waals surface area contributed by atoms with Crippen LogP contribution in [0.4, 0.5) is 5.95 Å². The van der Waals surface area contributed by atoms with E-state index >= 15 is 0 Å². The second kappa shape index (κ2) is 5.78. The lowest BCUT2D eigenvalue weighted by Crippen LogP contribution is -2.33. The van der Waals surface area contributed by atoms with Gasteiger partial charge >= 0.3 is 0 Å². The van der Waals surface area contributed by atoms with Crippen LogP contribution >= 0.6 is 0 Å². The smallest absolute Gasteiger partial charge is 0.226 e. The number of hydrogen-bond donors (Lipinski definition) is 1. The molecule has 0 saturated heterocycles. The monoisotopic (exact) mass is 324 g/mol. The molecule has 2 aromatic rings. The molecule has 6 nitrogen and oxygen atoms in total. The predicted octanol–water partition coefficient (Wildman–Crippen LogP) is 2.94. The number of allylic oxidation sites excluding steroid dienone is 2. The van der Waals surface area contributed by atoms with Crippen molar-refractivity contribution < 1.29 is 9.53 Å². The molecule has 24 heavy (non-hydrogen) atoms. The van der Waals surface area contributed by atoms with Crippen molar-refractivity contribution in [1.29, 1.82) is 0 Å². The highest BCUT2D eigenvalue weighted by atomic mass is 16.5. The third-order valence-corrected chi connectivity index (χ3v) is 4.58. The number of para-hydroxylation sites is 1. The van der Waals surface area contributed by atoms with Crippen LogP contribution in [0.5, 0.6) is 5.75 Å². The van der Waals surface area contributed by atoms with Crippen molar-refractivity contribution in [1.82, 2.24) is 14.8 Å². The van der Waals surface area contributed by atoms with Crippen molar-refractivity contribution in [3.05, 3.63) is 47.4 Å². The third-order valence-electron chi connectivity index (χ3n) is 4.58. The van der Waals surface area contributed by atoms with Crippen LogP contribution in [0.15, 0.2) is 41.9 Å². The molecule has 0 bridgehead atoms. The number of carbonyl (C=O) groups excluding carboxylic acids is 1. The Balaban J connectivity index is 1.91. The Bertz CT molecular complexity index is 824. The van der Waals surface area contributed by atoms with Gasteiger partial charge in [0, 0.05) is 23.3 Å². The molecule has 0 radical (unpaired) electrons. The first-order valence-corrected chi connectivity index (χ1v) is 8.33. The Hall–Kier alpha value is -2.63. The van der Waals surface area contributed by atoms with E-state index in [0.717, 1.165) is 29.0 Å². The van der Waals surface area contributed by atoms with Crippen molar-refractivity contribution >= 4 is 11.7 Å². The molecular weight excluding hydrogens is 304 g/mol. The zero-order valence-electron chi connectivity index (χ0n) is 13.8. The number of rotatable bonds is 3. The average molecular weight is 324 g/mol. The summed E-state index contributed by atoms with van der Waals surface area (Å²) in [7, 11) is 0. The van der Waals surface area contributed by atoms with E-state index < -0.39 is 0 Å². The van der Waals surface area contributed by atoms with Crippen LogP contribution in [-0.4, -0.2) is 27.2 Å². The van der Waals surface area contributed by atoms with Crippen LogP contribution in [0.1, 0.15) is 38.3 Å². The highest BCUT2D eigenvalue weighted by Gasteiger charge is 2.38. The first-order valence-electron chi connectivity index (χ1n) is 8.33. The molecule has 124 valence electrons. The Morgan fingerprint density at radius 2 is 2.17 bits per heavy atom. The van der Waals surface area contributed by atoms with Gasteiger partial charge in [-0.2, -0.15) is 10.1 Å². The van der Waals surface area contributed by atoms with Gasteiger partial charge in [-0.1, -0.05) is 25.1 Å². The predicted molar refractivity (Wildman–Crippen MR) is 89.8 cm³/mol. The van der Waals surface area contributed by atoms with Crippen molar-refractivity contribution in [2.45, 2.75) is 32.7 Å². The first-order chi connectivity index (χ1) is 11.7. The van der Waals surface area contributed by atoms with Gasteiger partial charge in [0.25, 0.3) is 0 Å². The number of ether oxygens (including phenoxy) is 1. The van der Waals surface area contributed by atoms with E-state index in [0.29, 0.717) is 24.9 Å². The van der Waals surface area contributed by atoms with E-state index in [1.54, 1.807) is 4.68 Å². The van der Waals surface area contributed by atoms with Crippen LogP contribution in [0.2, 0.25) is 0 Å². The van der Waals surface area contributed by atoms with E-state index in [4.69, 9.17) is 4.74 Å². The average Bonchev–Trinajstić information content (AvgIpc) is 3.01. The summed E-state index contributed by atoms with van der Waals surface area (Å²) < 4.78 is 7.58. The fraction of sp³-hybridized carbons (Fsp3) is 0.389. The largest absolute Gasteiger partial charge is 0.494 e. The number of nitrogens with one attached hydrogen (secondary N) is 1. The van der Waals surface area contributed by atoms with Gasteiger partial charge in [0.15, 0.2) is 5.78 Å². The summed E-state index contributed by atoms with van der Waals surface area (Å²) in [4.78, 5) is 17.1. The lowest BCUT2D eigenvalue weighted by Gasteiger charge is -2.34. The summed E-state index contributed by atoms with van der Waals surface area (Å²) in [5.74, 6) is 1.97. The molecule has 2 aliphatic rings. The number of Topliss-reactive ketones (excluding diaryl/α,β-unsaturated/α-hetero) is 1. The van der Waals surface area contributed by atoms with Gasteiger partial charge < -0.3 is 10.1 Å². The number of carbonyl (C=O) groups is 1. The van der Waals surface area contributed by atoms with E-state index in [1.165, 1.54) is 6.33 Å². The number of hydrogen-bond acceptors (Lipinski definition) is 5. The van der Waals surface area contributed by atoms with Gasteiger partial charge in [-0.15, -0.1) is 0 Å². The van der Waals surface area contributed by atoms with Crippen LogP contribution in [0, 0.1) is 5.92 Å². The zero-order valence-corrected chi connectivity index (χ0v) is 13.8. The maximum absolute atomic E-state index is 12.8. The number of benzene rings is 1. The molecule has 0 saturated carbocycles. The van der Waals surface area contributed by atoms with Gasteiger partial charge in [0.05, 0.1) is 6.61 Å². The third kappa shape index (κ3) is 2.29. The topological polar surface area (TPSA) is 69.0 Å². The number of anilines is 1. The van der Waals surface area contributed by atoms with Gasteiger partial charge in [-0.05, 0) is 25.3 Å². The molecule has 1 N–H and O–H groups in total. The molecule has 0 spiro atoms. The molecule has 1 aliphatic heterocycles. The lowest BCUT2D eigenvalue weighted by molar-refractivity contribution is -0.117. The zero-order chi connectivity index (χ0) is 16.7. The quantitative estimate of drug-likeness (QED) is 0.940. The van der Waals surface area contributed by atoms with Crippen molar-refractivity contribution in [3.8, 4) is 5.75 Å². The van der Waals surface area contributed by atoms with Gasteiger partial charge in [-0.3, -0.25) is 4.79 Å². The van der Waals surface area contributed by atoms with Crippen molar-refractivity contribution in [2.75, 3.05) is 11.9 Å². The molecule has 0 amide bonds. The SMILES string of the molecule is CCOc1ccccc1C1C2=C(CC(C)CC2=O)Nc2ncnn21. The van der Waals surface area contributed by atoms with E-state index in [9.17, 15) is 4.79 Å². The number of ketones is 1. The van der Waals surface area contributed by atoms with Gasteiger partial charge in [-0.25, -0.2) is 4.68 Å². The fourth-order valence-electron chi connectivity index (χ4n) is 3.63. The summed E-state index contributed by atoms with van der Waals surface area (Å²) in [5.41, 5.74) is 2.71. The Labute approximate surface area is 140 Å². The molecule has 4 rings (SSSR count). The summed E-state index contributed by atoms with van der Waals surface area (Å²) in [5, 5.41) is 7.66. The highest BCUT2D eigenvalue weighted by molar-refractivity contribution is 5.99. The molecule has 2 unspecified atom stereocenters. The van der Waals surface area contributed by atoms with Crippen molar-refractivity contribution in [2.24, 2.45) is 5.92 Å². The number of fused-ring (bicyclic) bond motifs is 1.